The molecular weight excluding hydrogens is 216 g/mol. The fourth-order valence-electron chi connectivity index (χ4n) is 2.44. The third kappa shape index (κ3) is 4.28. The van der Waals surface area contributed by atoms with Crippen molar-refractivity contribution >= 4 is 5.91 Å². The van der Waals surface area contributed by atoms with Crippen LogP contribution in [0.15, 0.2) is 0 Å². The fraction of sp³-hybridized carbons (Fsp3) is 0.923. The van der Waals surface area contributed by atoms with Gasteiger partial charge in [-0.15, -0.1) is 0 Å². The lowest BCUT2D eigenvalue weighted by atomic mass is 9.79. The Labute approximate surface area is 104 Å². The van der Waals surface area contributed by atoms with E-state index in [1.54, 1.807) is 7.11 Å². The van der Waals surface area contributed by atoms with Crippen LogP contribution < -0.4 is 11.1 Å². The highest BCUT2D eigenvalue weighted by molar-refractivity contribution is 5.79. The van der Waals surface area contributed by atoms with E-state index < -0.39 is 0 Å². The smallest absolute Gasteiger partial charge is 0.223 e. The first-order valence-corrected chi connectivity index (χ1v) is 6.63. The summed E-state index contributed by atoms with van der Waals surface area (Å²) in [4.78, 5) is 12.1. The summed E-state index contributed by atoms with van der Waals surface area (Å²) in [5.41, 5.74) is 5.96. The van der Waals surface area contributed by atoms with Gasteiger partial charge in [-0.25, -0.2) is 0 Å². The number of carbonyl (C=O) groups is 1. The molecule has 0 heterocycles. The van der Waals surface area contributed by atoms with Crippen LogP contribution in [0.3, 0.4) is 0 Å². The van der Waals surface area contributed by atoms with Crippen LogP contribution in [0, 0.1) is 11.8 Å². The Morgan fingerprint density at radius 2 is 2.24 bits per heavy atom. The van der Waals surface area contributed by atoms with E-state index in [0.29, 0.717) is 12.5 Å². The van der Waals surface area contributed by atoms with Crippen LogP contribution in [0.1, 0.15) is 39.5 Å². The Bertz CT molecular complexity index is 246. The van der Waals surface area contributed by atoms with Crippen molar-refractivity contribution in [3.63, 3.8) is 0 Å². The zero-order valence-corrected chi connectivity index (χ0v) is 11.2. The van der Waals surface area contributed by atoms with Crippen molar-refractivity contribution in [2.24, 2.45) is 17.6 Å². The summed E-state index contributed by atoms with van der Waals surface area (Å²) >= 11 is 0. The molecule has 17 heavy (non-hydrogen) atoms. The lowest BCUT2D eigenvalue weighted by Gasteiger charge is -2.32. The molecule has 0 radical (unpaired) electrons. The van der Waals surface area contributed by atoms with Crippen molar-refractivity contribution in [2.75, 3.05) is 13.7 Å². The summed E-state index contributed by atoms with van der Waals surface area (Å²) in [6.45, 7) is 4.78. The summed E-state index contributed by atoms with van der Waals surface area (Å²) in [7, 11) is 1.66. The van der Waals surface area contributed by atoms with E-state index in [0.717, 1.165) is 25.7 Å². The summed E-state index contributed by atoms with van der Waals surface area (Å²) in [6, 6.07) is 0.401. The largest absolute Gasteiger partial charge is 0.383 e. The standard InChI is InChI=1S/C13H26N2O2/c1-4-11(8-17-3)15-13(16)10-5-6-12(14)9(2)7-10/h9-12H,4-8,14H2,1-3H3,(H,15,16). The van der Waals surface area contributed by atoms with Gasteiger partial charge in [0.1, 0.15) is 0 Å². The number of hydrogen-bond donors (Lipinski definition) is 2. The van der Waals surface area contributed by atoms with Crippen LogP contribution in [0.2, 0.25) is 0 Å². The molecule has 1 saturated carbocycles. The zero-order chi connectivity index (χ0) is 12.8. The highest BCUT2D eigenvalue weighted by Gasteiger charge is 2.30. The van der Waals surface area contributed by atoms with E-state index in [4.69, 9.17) is 10.5 Å². The molecule has 0 aliphatic heterocycles. The highest BCUT2D eigenvalue weighted by atomic mass is 16.5. The Morgan fingerprint density at radius 3 is 2.76 bits per heavy atom. The second-order valence-corrected chi connectivity index (χ2v) is 5.22. The number of amides is 1. The van der Waals surface area contributed by atoms with Crippen molar-refractivity contribution in [1.82, 2.24) is 5.32 Å². The maximum atomic E-state index is 12.1. The molecular formula is C13H26N2O2. The molecule has 4 nitrogen and oxygen atoms in total. The van der Waals surface area contributed by atoms with Crippen LogP contribution in [0.4, 0.5) is 0 Å². The van der Waals surface area contributed by atoms with E-state index in [1.807, 2.05) is 0 Å². The van der Waals surface area contributed by atoms with Gasteiger partial charge in [0.2, 0.25) is 5.91 Å². The Kier molecular flexibility index (Phi) is 5.92. The normalized spacial score (nSPS) is 30.9. The number of methoxy groups -OCH3 is 1. The van der Waals surface area contributed by atoms with E-state index in [2.05, 4.69) is 19.2 Å². The van der Waals surface area contributed by atoms with Gasteiger partial charge in [0.25, 0.3) is 0 Å². The predicted molar refractivity (Wildman–Crippen MR) is 68.6 cm³/mol. The minimum Gasteiger partial charge on any atom is -0.383 e. The molecule has 0 bridgehead atoms. The minimum absolute atomic E-state index is 0.135. The molecule has 4 heteroatoms. The van der Waals surface area contributed by atoms with Crippen molar-refractivity contribution in [3.8, 4) is 0 Å². The molecule has 1 rings (SSSR count). The number of ether oxygens (including phenoxy) is 1. The van der Waals surface area contributed by atoms with Crippen LogP contribution in [-0.2, 0) is 9.53 Å². The maximum Gasteiger partial charge on any atom is 0.223 e. The molecule has 0 spiro atoms. The average Bonchev–Trinajstić information content (AvgIpc) is 2.31. The first-order valence-electron chi connectivity index (χ1n) is 6.63. The third-order valence-corrected chi connectivity index (χ3v) is 3.81. The van der Waals surface area contributed by atoms with Crippen LogP contribution in [-0.4, -0.2) is 31.7 Å². The van der Waals surface area contributed by atoms with Gasteiger partial charge in [0, 0.05) is 19.1 Å². The Morgan fingerprint density at radius 1 is 1.53 bits per heavy atom. The van der Waals surface area contributed by atoms with Crippen molar-refractivity contribution < 1.29 is 9.53 Å². The molecule has 1 aliphatic rings. The van der Waals surface area contributed by atoms with E-state index in [1.165, 1.54) is 0 Å². The molecule has 3 N–H and O–H groups in total. The highest BCUT2D eigenvalue weighted by Crippen LogP contribution is 2.28. The molecule has 0 aromatic heterocycles. The van der Waals surface area contributed by atoms with Gasteiger partial charge in [-0.3, -0.25) is 4.79 Å². The third-order valence-electron chi connectivity index (χ3n) is 3.81. The van der Waals surface area contributed by atoms with E-state index >= 15 is 0 Å². The first-order chi connectivity index (χ1) is 8.08. The van der Waals surface area contributed by atoms with E-state index in [-0.39, 0.29) is 23.9 Å². The molecule has 0 saturated heterocycles. The second kappa shape index (κ2) is 6.97. The predicted octanol–water partition coefficient (Wildman–Crippen LogP) is 1.29. The van der Waals surface area contributed by atoms with Crippen LogP contribution in [0.25, 0.3) is 0 Å². The van der Waals surface area contributed by atoms with E-state index in [9.17, 15) is 4.79 Å². The van der Waals surface area contributed by atoms with Gasteiger partial charge in [0.05, 0.1) is 12.6 Å². The lowest BCUT2D eigenvalue weighted by Crippen LogP contribution is -2.44. The van der Waals surface area contributed by atoms with Gasteiger partial charge < -0.3 is 15.8 Å². The average molecular weight is 242 g/mol. The van der Waals surface area contributed by atoms with Gasteiger partial charge in [-0.1, -0.05) is 13.8 Å². The molecule has 0 aromatic rings. The van der Waals surface area contributed by atoms with Gasteiger partial charge in [0.15, 0.2) is 0 Å². The zero-order valence-electron chi connectivity index (χ0n) is 11.2. The number of nitrogens with one attached hydrogen (secondary N) is 1. The van der Waals surface area contributed by atoms with Crippen LogP contribution in [0.5, 0.6) is 0 Å². The summed E-state index contributed by atoms with van der Waals surface area (Å²) in [5, 5.41) is 3.07. The molecule has 1 fully saturated rings. The molecule has 4 unspecified atom stereocenters. The van der Waals surface area contributed by atoms with Gasteiger partial charge in [-0.05, 0) is 31.6 Å². The molecule has 0 aromatic carbocycles. The Hall–Kier alpha value is -0.610. The quantitative estimate of drug-likeness (QED) is 0.763. The summed E-state index contributed by atoms with van der Waals surface area (Å²) < 4.78 is 5.09. The van der Waals surface area contributed by atoms with Gasteiger partial charge in [-0.2, -0.15) is 0 Å². The lowest BCUT2D eigenvalue weighted by molar-refractivity contribution is -0.127. The van der Waals surface area contributed by atoms with Gasteiger partial charge >= 0.3 is 0 Å². The molecule has 1 amide bonds. The van der Waals surface area contributed by atoms with Crippen molar-refractivity contribution in [1.29, 1.82) is 0 Å². The number of nitrogens with two attached hydrogens (primary N) is 1. The molecule has 1 aliphatic carbocycles. The minimum atomic E-state index is 0.135. The second-order valence-electron chi connectivity index (χ2n) is 5.22. The topological polar surface area (TPSA) is 64.3 Å². The first kappa shape index (κ1) is 14.5. The number of carbonyl (C=O) groups excluding carboxylic acids is 1. The number of rotatable bonds is 5. The fourth-order valence-corrected chi connectivity index (χ4v) is 2.44. The van der Waals surface area contributed by atoms with Crippen molar-refractivity contribution in [2.45, 2.75) is 51.6 Å². The maximum absolute atomic E-state index is 12.1. The van der Waals surface area contributed by atoms with Crippen LogP contribution >= 0.6 is 0 Å². The summed E-state index contributed by atoms with van der Waals surface area (Å²) in [5.74, 6) is 0.755. The van der Waals surface area contributed by atoms with Crippen molar-refractivity contribution in [3.05, 3.63) is 0 Å². The number of hydrogen-bond acceptors (Lipinski definition) is 3. The summed E-state index contributed by atoms with van der Waals surface area (Å²) in [6.07, 6.45) is 3.69. The Balaban J connectivity index is 2.41. The SMILES string of the molecule is CCC(COC)NC(=O)C1CCC(N)C(C)C1. The monoisotopic (exact) mass is 242 g/mol. The molecule has 4 atom stereocenters. The molecule has 100 valence electrons.